The Balaban J connectivity index is 2.56. The molecular formula is C13H19BrClNO2S. The second-order valence-corrected chi connectivity index (χ2v) is 7.92. The molecular weight excluding hydrogens is 350 g/mol. The SMILES string of the molecule is CC(C)CCCCNS(=O)(=O)c1ccc(Br)cc1Cl. The number of nitrogens with one attached hydrogen (secondary N) is 1. The molecule has 0 unspecified atom stereocenters. The first-order chi connectivity index (χ1) is 8.83. The summed E-state index contributed by atoms with van der Waals surface area (Å²) in [6.07, 6.45) is 2.97. The molecule has 3 nitrogen and oxygen atoms in total. The molecule has 108 valence electrons. The molecule has 1 N–H and O–H groups in total. The number of hydrogen-bond donors (Lipinski definition) is 1. The van der Waals surface area contributed by atoms with Crippen LogP contribution in [0.2, 0.25) is 5.02 Å². The van der Waals surface area contributed by atoms with Crippen molar-refractivity contribution in [2.75, 3.05) is 6.54 Å². The summed E-state index contributed by atoms with van der Waals surface area (Å²) in [5, 5.41) is 0.226. The zero-order chi connectivity index (χ0) is 14.5. The third-order valence-electron chi connectivity index (χ3n) is 2.68. The van der Waals surface area contributed by atoms with Crippen molar-refractivity contribution in [3.05, 3.63) is 27.7 Å². The molecule has 0 spiro atoms. The molecule has 0 aliphatic carbocycles. The molecule has 0 aromatic heterocycles. The number of benzene rings is 1. The molecule has 0 aliphatic heterocycles. The average Bonchev–Trinajstić information content (AvgIpc) is 2.27. The maximum Gasteiger partial charge on any atom is 0.242 e. The normalized spacial score (nSPS) is 12.1. The highest BCUT2D eigenvalue weighted by Crippen LogP contribution is 2.25. The number of sulfonamides is 1. The van der Waals surface area contributed by atoms with E-state index in [1.807, 2.05) is 0 Å². The minimum atomic E-state index is -3.51. The van der Waals surface area contributed by atoms with Gasteiger partial charge in [0, 0.05) is 11.0 Å². The van der Waals surface area contributed by atoms with E-state index >= 15 is 0 Å². The maximum atomic E-state index is 12.1. The molecule has 0 radical (unpaired) electrons. The Morgan fingerprint density at radius 3 is 2.58 bits per heavy atom. The van der Waals surface area contributed by atoms with Gasteiger partial charge in [-0.25, -0.2) is 13.1 Å². The maximum absolute atomic E-state index is 12.1. The van der Waals surface area contributed by atoms with Gasteiger partial charge in [-0.1, -0.05) is 54.2 Å². The first kappa shape index (κ1) is 17.0. The number of halogens is 2. The van der Waals surface area contributed by atoms with Gasteiger partial charge in [0.2, 0.25) is 10.0 Å². The lowest BCUT2D eigenvalue weighted by atomic mass is 10.1. The fraction of sp³-hybridized carbons (Fsp3) is 0.538. The number of hydrogen-bond acceptors (Lipinski definition) is 2. The molecule has 0 heterocycles. The molecule has 6 heteroatoms. The first-order valence-electron chi connectivity index (χ1n) is 6.27. The van der Waals surface area contributed by atoms with Crippen LogP contribution in [0.15, 0.2) is 27.6 Å². The van der Waals surface area contributed by atoms with Crippen LogP contribution in [-0.4, -0.2) is 15.0 Å². The molecule has 1 aromatic carbocycles. The van der Waals surface area contributed by atoms with Gasteiger partial charge in [0.25, 0.3) is 0 Å². The van der Waals surface area contributed by atoms with Gasteiger partial charge in [0.1, 0.15) is 4.90 Å². The van der Waals surface area contributed by atoms with E-state index in [0.717, 1.165) is 23.7 Å². The van der Waals surface area contributed by atoms with Crippen molar-refractivity contribution in [1.82, 2.24) is 4.72 Å². The molecule has 0 saturated heterocycles. The van der Waals surface area contributed by atoms with Gasteiger partial charge in [-0.05, 0) is 30.5 Å². The molecule has 1 aromatic rings. The van der Waals surface area contributed by atoms with E-state index in [1.165, 1.54) is 6.07 Å². The van der Waals surface area contributed by atoms with Crippen LogP contribution in [0.3, 0.4) is 0 Å². The molecule has 1 rings (SSSR count). The summed E-state index contributed by atoms with van der Waals surface area (Å²) in [4.78, 5) is 0.126. The van der Waals surface area contributed by atoms with Crippen molar-refractivity contribution < 1.29 is 8.42 Å². The smallest absolute Gasteiger partial charge is 0.211 e. The van der Waals surface area contributed by atoms with Crippen LogP contribution in [0.4, 0.5) is 0 Å². The molecule has 0 bridgehead atoms. The predicted octanol–water partition coefficient (Wildman–Crippen LogP) is 4.21. The minimum Gasteiger partial charge on any atom is -0.211 e. The highest BCUT2D eigenvalue weighted by atomic mass is 79.9. The largest absolute Gasteiger partial charge is 0.242 e. The summed E-state index contributed by atoms with van der Waals surface area (Å²) in [7, 11) is -3.51. The van der Waals surface area contributed by atoms with Crippen LogP contribution < -0.4 is 4.72 Å². The van der Waals surface area contributed by atoms with E-state index in [1.54, 1.807) is 12.1 Å². The quantitative estimate of drug-likeness (QED) is 0.733. The van der Waals surface area contributed by atoms with E-state index in [9.17, 15) is 8.42 Å². The van der Waals surface area contributed by atoms with E-state index in [0.29, 0.717) is 12.5 Å². The third kappa shape index (κ3) is 5.81. The molecule has 19 heavy (non-hydrogen) atoms. The van der Waals surface area contributed by atoms with E-state index in [4.69, 9.17) is 11.6 Å². The Labute approximate surface area is 128 Å². The highest BCUT2D eigenvalue weighted by molar-refractivity contribution is 9.10. The van der Waals surface area contributed by atoms with Crippen LogP contribution in [0.25, 0.3) is 0 Å². The fourth-order valence-electron chi connectivity index (χ4n) is 1.66. The Hall–Kier alpha value is -0.100. The minimum absolute atomic E-state index is 0.126. The summed E-state index contributed by atoms with van der Waals surface area (Å²) in [6.45, 7) is 4.76. The topological polar surface area (TPSA) is 46.2 Å². The number of unbranched alkanes of at least 4 members (excludes halogenated alkanes) is 1. The number of rotatable bonds is 7. The van der Waals surface area contributed by atoms with E-state index in [2.05, 4.69) is 34.5 Å². The Bertz CT molecular complexity index is 517. The van der Waals surface area contributed by atoms with Crippen LogP contribution in [0.1, 0.15) is 33.1 Å². The summed E-state index contributed by atoms with van der Waals surface area (Å²) in [5.41, 5.74) is 0. The molecule has 0 amide bonds. The van der Waals surface area contributed by atoms with Crippen LogP contribution in [-0.2, 0) is 10.0 Å². The lowest BCUT2D eigenvalue weighted by molar-refractivity contribution is 0.530. The second-order valence-electron chi connectivity index (χ2n) is 4.86. The fourth-order valence-corrected chi connectivity index (χ4v) is 3.76. The van der Waals surface area contributed by atoms with Gasteiger partial charge in [-0.3, -0.25) is 0 Å². The summed E-state index contributed by atoms with van der Waals surface area (Å²) in [6, 6.07) is 4.75. The van der Waals surface area contributed by atoms with Gasteiger partial charge < -0.3 is 0 Å². The zero-order valence-electron chi connectivity index (χ0n) is 11.1. The summed E-state index contributed by atoms with van der Waals surface area (Å²) < 4.78 is 27.4. The van der Waals surface area contributed by atoms with Crippen molar-refractivity contribution in [2.45, 2.75) is 38.0 Å². The van der Waals surface area contributed by atoms with Crippen molar-refractivity contribution in [1.29, 1.82) is 0 Å². The predicted molar refractivity (Wildman–Crippen MR) is 83.0 cm³/mol. The first-order valence-corrected chi connectivity index (χ1v) is 8.93. The van der Waals surface area contributed by atoms with Gasteiger partial charge in [-0.15, -0.1) is 0 Å². The average molecular weight is 369 g/mol. The van der Waals surface area contributed by atoms with Crippen LogP contribution >= 0.6 is 27.5 Å². The standard InChI is InChI=1S/C13H19BrClNO2S/c1-10(2)5-3-4-8-16-19(17,18)13-7-6-11(14)9-12(13)15/h6-7,9-10,16H,3-5,8H2,1-2H3. The Kier molecular flexibility index (Phi) is 6.80. The second kappa shape index (κ2) is 7.62. The van der Waals surface area contributed by atoms with Gasteiger partial charge in [-0.2, -0.15) is 0 Å². The van der Waals surface area contributed by atoms with E-state index in [-0.39, 0.29) is 9.92 Å². The molecule has 0 aliphatic rings. The van der Waals surface area contributed by atoms with Gasteiger partial charge in [0.05, 0.1) is 5.02 Å². The van der Waals surface area contributed by atoms with Gasteiger partial charge >= 0.3 is 0 Å². The Morgan fingerprint density at radius 1 is 1.32 bits per heavy atom. The molecule has 0 fully saturated rings. The highest BCUT2D eigenvalue weighted by Gasteiger charge is 2.17. The van der Waals surface area contributed by atoms with Crippen molar-refractivity contribution >= 4 is 37.6 Å². The Morgan fingerprint density at radius 2 is 2.00 bits per heavy atom. The van der Waals surface area contributed by atoms with Gasteiger partial charge in [0.15, 0.2) is 0 Å². The summed E-state index contributed by atoms with van der Waals surface area (Å²) in [5.74, 6) is 0.650. The van der Waals surface area contributed by atoms with Crippen molar-refractivity contribution in [3.8, 4) is 0 Å². The molecule has 0 atom stereocenters. The van der Waals surface area contributed by atoms with Crippen molar-refractivity contribution in [2.24, 2.45) is 5.92 Å². The third-order valence-corrected chi connectivity index (χ3v) is 5.12. The monoisotopic (exact) mass is 367 g/mol. The zero-order valence-corrected chi connectivity index (χ0v) is 14.3. The lowest BCUT2D eigenvalue weighted by Crippen LogP contribution is -2.25. The van der Waals surface area contributed by atoms with Crippen molar-refractivity contribution in [3.63, 3.8) is 0 Å². The van der Waals surface area contributed by atoms with E-state index < -0.39 is 10.0 Å². The van der Waals surface area contributed by atoms with Crippen LogP contribution in [0.5, 0.6) is 0 Å². The molecule has 0 saturated carbocycles. The van der Waals surface area contributed by atoms with Crippen LogP contribution in [0, 0.1) is 5.92 Å². The summed E-state index contributed by atoms with van der Waals surface area (Å²) >= 11 is 9.20. The lowest BCUT2D eigenvalue weighted by Gasteiger charge is -2.09.